The fourth-order valence-corrected chi connectivity index (χ4v) is 3.58. The van der Waals surface area contributed by atoms with E-state index in [1.54, 1.807) is 24.5 Å². The molecule has 0 aliphatic carbocycles. The molecule has 0 amide bonds. The highest BCUT2D eigenvalue weighted by Gasteiger charge is 2.18. The molecule has 0 spiro atoms. The highest BCUT2D eigenvalue weighted by molar-refractivity contribution is 14.1. The van der Waals surface area contributed by atoms with Gasteiger partial charge < -0.3 is 18.7 Å². The van der Waals surface area contributed by atoms with E-state index in [0.717, 1.165) is 20.1 Å². The molecule has 1 N–H and O–H groups in total. The van der Waals surface area contributed by atoms with Crippen molar-refractivity contribution in [3.63, 3.8) is 0 Å². The Morgan fingerprint density at radius 3 is 2.88 bits per heavy atom. The van der Waals surface area contributed by atoms with Gasteiger partial charge in [-0.2, -0.15) is 0 Å². The van der Waals surface area contributed by atoms with Crippen LogP contribution in [0.1, 0.15) is 24.2 Å². The van der Waals surface area contributed by atoms with Gasteiger partial charge in [0.05, 0.1) is 16.3 Å². The number of halogens is 1. The molecule has 3 radical (unpaired) electrons. The second-order valence-corrected chi connectivity index (χ2v) is 6.89. The van der Waals surface area contributed by atoms with E-state index in [-0.39, 0.29) is 12.5 Å². The average molecular weight is 465 g/mol. The number of para-hydroxylation sites is 1. The maximum atomic E-state index is 11.1. The predicted molar refractivity (Wildman–Crippen MR) is 102 cm³/mol. The molecule has 1 aromatic heterocycles. The summed E-state index contributed by atoms with van der Waals surface area (Å²) in [6, 6.07) is 11.0. The van der Waals surface area contributed by atoms with Gasteiger partial charge in [0, 0.05) is 10.9 Å². The molecule has 0 bridgehead atoms. The molecule has 1 unspecified atom stereocenters. The monoisotopic (exact) mass is 465 g/mol. The molecular weight excluding hydrogens is 451 g/mol. The minimum absolute atomic E-state index is 0.149. The maximum Gasteiger partial charge on any atom is 0.341 e. The summed E-state index contributed by atoms with van der Waals surface area (Å²) >= 11 is 2.22. The van der Waals surface area contributed by atoms with E-state index in [2.05, 4.69) is 33.1 Å². The number of carboxylic acid groups (broad SMARTS) is 1. The second-order valence-electron chi connectivity index (χ2n) is 5.52. The normalized spacial score (nSPS) is 12.1. The number of rotatable bonds is 6. The molecule has 1 heterocycles. The molecule has 0 aliphatic heterocycles. The number of furan rings is 1. The van der Waals surface area contributed by atoms with Crippen LogP contribution in [0, 0.1) is 3.57 Å². The molecule has 0 saturated heterocycles. The fraction of sp³-hybridized carbons (Fsp3) is 0.167. The highest BCUT2D eigenvalue weighted by atomic mass is 127. The lowest BCUT2D eigenvalue weighted by Gasteiger charge is -2.20. The molecular formula is C18H14IO5Si. The van der Waals surface area contributed by atoms with Crippen molar-refractivity contribution in [1.29, 1.82) is 0 Å². The number of hydrogen-bond donors (Lipinski definition) is 1. The lowest BCUT2D eigenvalue weighted by atomic mass is 10.1. The topological polar surface area (TPSA) is 68.9 Å². The summed E-state index contributed by atoms with van der Waals surface area (Å²) in [7, 11) is 3.01. The molecule has 3 rings (SSSR count). The van der Waals surface area contributed by atoms with Gasteiger partial charge in [0.1, 0.15) is 17.4 Å². The third kappa shape index (κ3) is 3.82. The zero-order valence-corrected chi connectivity index (χ0v) is 16.4. The first-order valence-corrected chi connectivity index (χ1v) is 8.99. The highest BCUT2D eigenvalue weighted by Crippen LogP contribution is 2.36. The summed E-state index contributed by atoms with van der Waals surface area (Å²) in [4.78, 5) is 11.1. The molecule has 1 atom stereocenters. The van der Waals surface area contributed by atoms with Gasteiger partial charge in [-0.15, -0.1) is 0 Å². The Hall–Kier alpha value is -2.00. The number of fused-ring (bicyclic) bond motifs is 1. The summed E-state index contributed by atoms with van der Waals surface area (Å²) < 4.78 is 17.7. The Labute approximate surface area is 161 Å². The molecule has 3 aromatic rings. The number of benzene rings is 2. The van der Waals surface area contributed by atoms with Crippen molar-refractivity contribution in [3.05, 3.63) is 57.4 Å². The van der Waals surface area contributed by atoms with Crippen molar-refractivity contribution in [1.82, 2.24) is 0 Å². The Morgan fingerprint density at radius 1 is 1.36 bits per heavy atom. The molecule has 5 nitrogen and oxygen atoms in total. The maximum absolute atomic E-state index is 11.1. The van der Waals surface area contributed by atoms with Gasteiger partial charge in [0.15, 0.2) is 5.75 Å². The van der Waals surface area contributed by atoms with Gasteiger partial charge in [0.2, 0.25) is 0 Å². The number of carbonyl (C=O) groups is 1. The van der Waals surface area contributed by atoms with E-state index < -0.39 is 5.97 Å². The molecule has 0 fully saturated rings. The summed E-state index contributed by atoms with van der Waals surface area (Å²) in [5.74, 6) is -0.0889. The van der Waals surface area contributed by atoms with E-state index in [1.807, 2.05) is 25.1 Å². The SMILES string of the molecule is CC(Oc1c(CC(=O)O)cccc1O[Si])c1cc(I)c2occc2c1. The number of ether oxygens (including phenoxy) is 1. The third-order valence-corrected chi connectivity index (χ3v) is 4.83. The smallest absolute Gasteiger partial charge is 0.341 e. The van der Waals surface area contributed by atoms with Gasteiger partial charge in [-0.25, -0.2) is 0 Å². The zero-order chi connectivity index (χ0) is 18.0. The molecule has 2 aromatic carbocycles. The minimum Gasteiger partial charge on any atom is -0.538 e. The molecule has 0 saturated carbocycles. The summed E-state index contributed by atoms with van der Waals surface area (Å²) in [5, 5.41) is 10.1. The minimum atomic E-state index is -0.932. The zero-order valence-electron chi connectivity index (χ0n) is 13.3. The Bertz CT molecular complexity index is 921. The van der Waals surface area contributed by atoms with Gasteiger partial charge in [-0.05, 0) is 59.3 Å². The average Bonchev–Trinajstić information content (AvgIpc) is 3.05. The van der Waals surface area contributed by atoms with Crippen LogP contribution in [0.4, 0.5) is 0 Å². The molecule has 127 valence electrons. The van der Waals surface area contributed by atoms with Crippen LogP contribution in [0.3, 0.4) is 0 Å². The second kappa shape index (κ2) is 7.48. The van der Waals surface area contributed by atoms with E-state index >= 15 is 0 Å². The van der Waals surface area contributed by atoms with Crippen molar-refractivity contribution in [2.75, 3.05) is 0 Å². The third-order valence-electron chi connectivity index (χ3n) is 3.80. The van der Waals surface area contributed by atoms with Crippen LogP contribution >= 0.6 is 22.6 Å². The van der Waals surface area contributed by atoms with Crippen LogP contribution in [0.15, 0.2) is 47.1 Å². The quantitative estimate of drug-likeness (QED) is 0.435. The van der Waals surface area contributed by atoms with Crippen LogP contribution in [-0.2, 0) is 11.2 Å². The largest absolute Gasteiger partial charge is 0.538 e. The molecule has 7 heteroatoms. The van der Waals surface area contributed by atoms with E-state index in [0.29, 0.717) is 17.1 Å². The first-order chi connectivity index (χ1) is 12.0. The van der Waals surface area contributed by atoms with Gasteiger partial charge in [-0.1, -0.05) is 12.1 Å². The van der Waals surface area contributed by atoms with Gasteiger partial charge in [-0.3, -0.25) is 4.79 Å². The van der Waals surface area contributed by atoms with E-state index in [4.69, 9.17) is 18.7 Å². The van der Waals surface area contributed by atoms with Crippen LogP contribution in [0.5, 0.6) is 11.5 Å². The standard InChI is InChI=1S/C18H14IO5Si/c1-10(13-7-12-5-6-22-17(12)14(19)8-13)23-18-11(9-16(20)21)3-2-4-15(18)24-25/h2-8,10H,9H2,1H3,(H,20,21). The number of hydrogen-bond acceptors (Lipinski definition) is 4. The van der Waals surface area contributed by atoms with Crippen molar-refractivity contribution in [2.24, 2.45) is 0 Å². The lowest BCUT2D eigenvalue weighted by molar-refractivity contribution is -0.136. The van der Waals surface area contributed by atoms with Crippen molar-refractivity contribution >= 4 is 50.0 Å². The van der Waals surface area contributed by atoms with Crippen molar-refractivity contribution in [2.45, 2.75) is 19.4 Å². The molecule has 25 heavy (non-hydrogen) atoms. The summed E-state index contributed by atoms with van der Waals surface area (Å²) in [5.41, 5.74) is 2.35. The van der Waals surface area contributed by atoms with Crippen LogP contribution in [-0.4, -0.2) is 21.6 Å². The first-order valence-electron chi connectivity index (χ1n) is 7.50. The Morgan fingerprint density at radius 2 is 2.16 bits per heavy atom. The predicted octanol–water partition coefficient (Wildman–Crippen LogP) is 4.27. The summed E-state index contributed by atoms with van der Waals surface area (Å²) in [6.07, 6.45) is 1.20. The van der Waals surface area contributed by atoms with Crippen molar-refractivity contribution < 1.29 is 23.5 Å². The Balaban J connectivity index is 1.96. The lowest BCUT2D eigenvalue weighted by Crippen LogP contribution is -2.09. The first kappa shape index (κ1) is 17.8. The van der Waals surface area contributed by atoms with Crippen molar-refractivity contribution in [3.8, 4) is 11.5 Å². The van der Waals surface area contributed by atoms with Gasteiger partial charge in [0.25, 0.3) is 0 Å². The number of aliphatic carboxylic acids is 1. The van der Waals surface area contributed by atoms with E-state index in [9.17, 15) is 4.79 Å². The molecule has 0 aliphatic rings. The summed E-state index contributed by atoms with van der Waals surface area (Å²) in [6.45, 7) is 1.91. The van der Waals surface area contributed by atoms with E-state index in [1.165, 1.54) is 0 Å². The van der Waals surface area contributed by atoms with Gasteiger partial charge >= 0.3 is 16.5 Å². The number of carboxylic acids is 1. The fourth-order valence-electron chi connectivity index (χ4n) is 2.62. The van der Waals surface area contributed by atoms with Crippen LogP contribution in [0.25, 0.3) is 11.0 Å². The van der Waals surface area contributed by atoms with Crippen LogP contribution in [0.2, 0.25) is 0 Å². The Kier molecular flexibility index (Phi) is 5.33. The van der Waals surface area contributed by atoms with Crippen LogP contribution < -0.4 is 9.16 Å².